The molecule has 1 atom stereocenters. The Hall–Kier alpha value is -0.900. The number of aliphatic hydroxyl groups is 1. The maximum atomic E-state index is 9.51. The van der Waals surface area contributed by atoms with E-state index in [9.17, 15) is 5.11 Å². The molecule has 1 aliphatic rings. The zero-order chi connectivity index (χ0) is 12.1. The van der Waals surface area contributed by atoms with Gasteiger partial charge in [-0.3, -0.25) is 4.90 Å². The first kappa shape index (κ1) is 12.6. The quantitative estimate of drug-likeness (QED) is 0.851. The van der Waals surface area contributed by atoms with Crippen LogP contribution >= 0.6 is 0 Å². The molecule has 3 nitrogen and oxygen atoms in total. The van der Waals surface area contributed by atoms with Crippen molar-refractivity contribution in [2.45, 2.75) is 19.0 Å². The van der Waals surface area contributed by atoms with Gasteiger partial charge in [-0.2, -0.15) is 0 Å². The predicted octanol–water partition coefficient (Wildman–Crippen LogP) is 1.18. The van der Waals surface area contributed by atoms with Gasteiger partial charge in [-0.05, 0) is 25.6 Å². The van der Waals surface area contributed by atoms with Gasteiger partial charge in [0.2, 0.25) is 0 Å². The van der Waals surface area contributed by atoms with Crippen LogP contribution in [-0.4, -0.2) is 54.2 Å². The van der Waals surface area contributed by atoms with Crippen LogP contribution in [0, 0.1) is 0 Å². The number of hydrogen-bond acceptors (Lipinski definition) is 3. The van der Waals surface area contributed by atoms with Crippen molar-refractivity contribution < 1.29 is 5.11 Å². The highest BCUT2D eigenvalue weighted by molar-refractivity contribution is 5.14. The van der Waals surface area contributed by atoms with E-state index >= 15 is 0 Å². The molecule has 1 aliphatic heterocycles. The summed E-state index contributed by atoms with van der Waals surface area (Å²) in [6.45, 7) is 4.35. The van der Waals surface area contributed by atoms with Crippen molar-refractivity contribution in [3.8, 4) is 0 Å². The monoisotopic (exact) mass is 234 g/mol. The van der Waals surface area contributed by atoms with E-state index in [1.807, 2.05) is 6.07 Å². The molecule has 1 fully saturated rings. The molecule has 3 heteroatoms. The Morgan fingerprint density at radius 2 is 2.00 bits per heavy atom. The number of likely N-dealkylation sites (N-methyl/N-ethyl adjacent to an activating group) is 1. The molecule has 1 aromatic rings. The molecule has 1 aromatic carbocycles. The molecule has 0 radical (unpaired) electrons. The molecule has 1 N–H and O–H groups in total. The Bertz CT molecular complexity index is 328. The van der Waals surface area contributed by atoms with Crippen LogP contribution in [0.15, 0.2) is 30.3 Å². The minimum absolute atomic E-state index is 0.247. The van der Waals surface area contributed by atoms with Crippen molar-refractivity contribution in [1.29, 1.82) is 0 Å². The van der Waals surface area contributed by atoms with Gasteiger partial charge >= 0.3 is 0 Å². The lowest BCUT2D eigenvalue weighted by Crippen LogP contribution is -2.42. The summed E-state index contributed by atoms with van der Waals surface area (Å²) >= 11 is 0. The van der Waals surface area contributed by atoms with Gasteiger partial charge in [0.15, 0.2) is 0 Å². The van der Waals surface area contributed by atoms with Gasteiger partial charge in [0, 0.05) is 25.7 Å². The van der Waals surface area contributed by atoms with Crippen molar-refractivity contribution in [2.24, 2.45) is 0 Å². The van der Waals surface area contributed by atoms with E-state index in [-0.39, 0.29) is 12.6 Å². The lowest BCUT2D eigenvalue weighted by atomic mass is 10.1. The average molecular weight is 234 g/mol. The summed E-state index contributed by atoms with van der Waals surface area (Å²) in [6, 6.07) is 10.8. The maximum Gasteiger partial charge on any atom is 0.0599 e. The van der Waals surface area contributed by atoms with Crippen LogP contribution in [0.25, 0.3) is 0 Å². The summed E-state index contributed by atoms with van der Waals surface area (Å²) in [5.74, 6) is 0. The van der Waals surface area contributed by atoms with Crippen LogP contribution in [0.4, 0.5) is 0 Å². The van der Waals surface area contributed by atoms with Crippen LogP contribution in [0.2, 0.25) is 0 Å². The SMILES string of the molecule is CN1CCCN(Cc2ccccc2)C(CO)C1. The number of rotatable bonds is 3. The van der Waals surface area contributed by atoms with Crippen molar-refractivity contribution in [2.75, 3.05) is 33.3 Å². The van der Waals surface area contributed by atoms with Gasteiger partial charge in [0.1, 0.15) is 0 Å². The van der Waals surface area contributed by atoms with Crippen molar-refractivity contribution in [3.05, 3.63) is 35.9 Å². The van der Waals surface area contributed by atoms with E-state index in [0.29, 0.717) is 0 Å². The van der Waals surface area contributed by atoms with E-state index in [1.54, 1.807) is 0 Å². The first-order valence-electron chi connectivity index (χ1n) is 6.37. The molecular formula is C14H22N2O. The van der Waals surface area contributed by atoms with Crippen LogP contribution in [0.5, 0.6) is 0 Å². The standard InChI is InChI=1S/C14H22N2O/c1-15-8-5-9-16(14(11-15)12-17)10-13-6-3-2-4-7-13/h2-4,6-7,14,17H,5,8-12H2,1H3. The zero-order valence-corrected chi connectivity index (χ0v) is 10.5. The molecule has 0 amide bonds. The Morgan fingerprint density at radius 3 is 2.71 bits per heavy atom. The maximum absolute atomic E-state index is 9.51. The molecule has 94 valence electrons. The highest BCUT2D eigenvalue weighted by Gasteiger charge is 2.22. The van der Waals surface area contributed by atoms with Crippen molar-refractivity contribution >= 4 is 0 Å². The van der Waals surface area contributed by atoms with Gasteiger partial charge < -0.3 is 10.0 Å². The Morgan fingerprint density at radius 1 is 1.24 bits per heavy atom. The van der Waals surface area contributed by atoms with Crippen LogP contribution in [-0.2, 0) is 6.54 Å². The van der Waals surface area contributed by atoms with Crippen LogP contribution in [0.1, 0.15) is 12.0 Å². The molecule has 0 aromatic heterocycles. The average Bonchev–Trinajstić information content (AvgIpc) is 2.52. The highest BCUT2D eigenvalue weighted by Crippen LogP contribution is 2.13. The minimum atomic E-state index is 0.247. The minimum Gasteiger partial charge on any atom is -0.395 e. The summed E-state index contributed by atoms with van der Waals surface area (Å²) in [5, 5.41) is 9.51. The fourth-order valence-electron chi connectivity index (χ4n) is 2.49. The fourth-order valence-corrected chi connectivity index (χ4v) is 2.49. The largest absolute Gasteiger partial charge is 0.395 e. The van der Waals surface area contributed by atoms with Crippen molar-refractivity contribution in [3.63, 3.8) is 0 Å². The topological polar surface area (TPSA) is 26.7 Å². The number of nitrogens with zero attached hydrogens (tertiary/aromatic N) is 2. The highest BCUT2D eigenvalue weighted by atomic mass is 16.3. The third-order valence-electron chi connectivity index (χ3n) is 3.46. The van der Waals surface area contributed by atoms with Gasteiger partial charge in [-0.1, -0.05) is 30.3 Å². The first-order valence-corrected chi connectivity index (χ1v) is 6.37. The van der Waals surface area contributed by atoms with E-state index in [1.165, 1.54) is 12.0 Å². The van der Waals surface area contributed by atoms with E-state index in [0.717, 1.165) is 26.2 Å². The second kappa shape index (κ2) is 6.15. The van der Waals surface area contributed by atoms with E-state index < -0.39 is 0 Å². The Kier molecular flexibility index (Phi) is 4.54. The summed E-state index contributed by atoms with van der Waals surface area (Å²) < 4.78 is 0. The third-order valence-corrected chi connectivity index (χ3v) is 3.46. The van der Waals surface area contributed by atoms with Crippen LogP contribution in [0.3, 0.4) is 0 Å². The fraction of sp³-hybridized carbons (Fsp3) is 0.571. The number of aliphatic hydroxyl groups excluding tert-OH is 1. The summed E-state index contributed by atoms with van der Waals surface area (Å²) in [4.78, 5) is 4.71. The lowest BCUT2D eigenvalue weighted by Gasteiger charge is -2.29. The molecule has 1 saturated heterocycles. The van der Waals surface area contributed by atoms with Gasteiger partial charge in [0.25, 0.3) is 0 Å². The van der Waals surface area contributed by atoms with Gasteiger partial charge in [0.05, 0.1) is 6.61 Å². The first-order chi connectivity index (χ1) is 8.29. The van der Waals surface area contributed by atoms with Gasteiger partial charge in [-0.15, -0.1) is 0 Å². The zero-order valence-electron chi connectivity index (χ0n) is 10.5. The second-order valence-corrected chi connectivity index (χ2v) is 4.91. The molecule has 1 heterocycles. The molecule has 0 aliphatic carbocycles. The summed E-state index contributed by atoms with van der Waals surface area (Å²) in [6.07, 6.45) is 1.18. The lowest BCUT2D eigenvalue weighted by molar-refractivity contribution is 0.111. The van der Waals surface area contributed by atoms with E-state index in [4.69, 9.17) is 0 Å². The smallest absolute Gasteiger partial charge is 0.0599 e. The van der Waals surface area contributed by atoms with Crippen LogP contribution < -0.4 is 0 Å². The predicted molar refractivity (Wildman–Crippen MR) is 69.8 cm³/mol. The Balaban J connectivity index is 2.02. The molecule has 0 spiro atoms. The summed E-state index contributed by atoms with van der Waals surface area (Å²) in [5.41, 5.74) is 1.33. The molecule has 0 bridgehead atoms. The molecule has 0 saturated carbocycles. The van der Waals surface area contributed by atoms with E-state index in [2.05, 4.69) is 41.1 Å². The molecular weight excluding hydrogens is 212 g/mol. The van der Waals surface area contributed by atoms with Crippen molar-refractivity contribution in [1.82, 2.24) is 9.80 Å². The number of hydrogen-bond donors (Lipinski definition) is 1. The number of benzene rings is 1. The van der Waals surface area contributed by atoms with Gasteiger partial charge in [-0.25, -0.2) is 0 Å². The molecule has 17 heavy (non-hydrogen) atoms. The Labute approximate surface area is 104 Å². The second-order valence-electron chi connectivity index (χ2n) is 4.91. The molecule has 1 unspecified atom stereocenters. The third kappa shape index (κ3) is 3.53. The normalized spacial score (nSPS) is 23.5. The summed E-state index contributed by atoms with van der Waals surface area (Å²) in [7, 11) is 2.13. The molecule has 2 rings (SSSR count).